The van der Waals surface area contributed by atoms with Crippen molar-refractivity contribution in [3.05, 3.63) is 0 Å². The highest BCUT2D eigenvalue weighted by molar-refractivity contribution is 8.00. The van der Waals surface area contributed by atoms with E-state index in [9.17, 15) is 0 Å². The molecule has 2 atom stereocenters. The molecular weight excluding hydrogens is 168 g/mol. The monoisotopic (exact) mass is 184 g/mol. The van der Waals surface area contributed by atoms with Gasteiger partial charge in [-0.2, -0.15) is 17.0 Å². The Morgan fingerprint density at radius 1 is 1.75 bits per heavy atom. The molecule has 1 heterocycles. The number of hydrogen-bond acceptors (Lipinski definition) is 3. The molecule has 1 fully saturated rings. The maximum absolute atomic E-state index is 9.09. The van der Waals surface area contributed by atoms with E-state index in [2.05, 4.69) is 25.2 Å². The normalized spacial score (nSPS) is 34.9. The van der Waals surface area contributed by atoms with E-state index in [0.29, 0.717) is 5.25 Å². The Balaban J connectivity index is 2.57. The molecule has 0 aromatic heterocycles. The molecule has 0 bridgehead atoms. The van der Waals surface area contributed by atoms with E-state index in [4.69, 9.17) is 5.26 Å². The predicted octanol–water partition coefficient (Wildman–Crippen LogP) is 1.77. The first kappa shape index (κ1) is 9.88. The number of nitrogens with one attached hydrogen (secondary N) is 1. The number of thioether (sulfide) groups is 1. The molecule has 2 unspecified atom stereocenters. The summed E-state index contributed by atoms with van der Waals surface area (Å²) in [7, 11) is 0. The van der Waals surface area contributed by atoms with E-state index in [1.165, 1.54) is 0 Å². The molecule has 0 spiro atoms. The highest BCUT2D eigenvalue weighted by atomic mass is 32.2. The third kappa shape index (κ3) is 1.75. The highest BCUT2D eigenvalue weighted by Gasteiger charge is 2.40. The van der Waals surface area contributed by atoms with Gasteiger partial charge in [0.1, 0.15) is 5.54 Å². The molecule has 0 saturated carbocycles. The second kappa shape index (κ2) is 4.15. The molecule has 3 heteroatoms. The van der Waals surface area contributed by atoms with Crippen LogP contribution in [0.2, 0.25) is 0 Å². The number of hydrogen-bond donors (Lipinski definition) is 1. The van der Waals surface area contributed by atoms with Crippen molar-refractivity contribution in [2.75, 3.05) is 12.3 Å². The van der Waals surface area contributed by atoms with E-state index < -0.39 is 0 Å². The summed E-state index contributed by atoms with van der Waals surface area (Å²) in [4.78, 5) is 0. The molecule has 1 N–H and O–H groups in total. The van der Waals surface area contributed by atoms with Gasteiger partial charge in [-0.3, -0.25) is 5.32 Å². The molecule has 2 nitrogen and oxygen atoms in total. The van der Waals surface area contributed by atoms with Crippen LogP contribution in [0, 0.1) is 11.3 Å². The summed E-state index contributed by atoms with van der Waals surface area (Å²) >= 11 is 1.89. The van der Waals surface area contributed by atoms with Gasteiger partial charge < -0.3 is 0 Å². The quantitative estimate of drug-likeness (QED) is 0.726. The first-order valence-corrected chi connectivity index (χ1v) is 5.58. The second-order valence-electron chi connectivity index (χ2n) is 3.27. The Hall–Kier alpha value is -0.200. The molecule has 12 heavy (non-hydrogen) atoms. The van der Waals surface area contributed by atoms with Crippen LogP contribution in [0.25, 0.3) is 0 Å². The van der Waals surface area contributed by atoms with Gasteiger partial charge in [0.15, 0.2) is 0 Å². The van der Waals surface area contributed by atoms with E-state index in [1.807, 2.05) is 11.8 Å². The zero-order chi connectivity index (χ0) is 9.03. The van der Waals surface area contributed by atoms with Crippen LogP contribution in [-0.2, 0) is 0 Å². The Morgan fingerprint density at radius 2 is 2.50 bits per heavy atom. The number of rotatable bonds is 3. The Kier molecular flexibility index (Phi) is 3.42. The minimum absolute atomic E-state index is 0.235. The summed E-state index contributed by atoms with van der Waals surface area (Å²) < 4.78 is 0. The van der Waals surface area contributed by atoms with Crippen molar-refractivity contribution in [2.45, 2.75) is 37.5 Å². The highest BCUT2D eigenvalue weighted by Crippen LogP contribution is 2.34. The molecule has 1 rings (SSSR count). The molecule has 1 aliphatic rings. The second-order valence-corrected chi connectivity index (χ2v) is 4.72. The maximum Gasteiger partial charge on any atom is 0.119 e. The fourth-order valence-corrected chi connectivity index (χ4v) is 2.84. The van der Waals surface area contributed by atoms with Crippen molar-refractivity contribution in [1.82, 2.24) is 5.32 Å². The lowest BCUT2D eigenvalue weighted by Crippen LogP contribution is -2.48. The first-order valence-electron chi connectivity index (χ1n) is 4.53. The molecular formula is C9H16N2S. The van der Waals surface area contributed by atoms with Crippen LogP contribution < -0.4 is 5.32 Å². The van der Waals surface area contributed by atoms with Gasteiger partial charge in [-0.1, -0.05) is 13.8 Å². The minimum Gasteiger partial charge on any atom is -0.298 e. The minimum atomic E-state index is -0.235. The molecule has 0 aromatic rings. The van der Waals surface area contributed by atoms with Crippen LogP contribution in [0.4, 0.5) is 0 Å². The molecule has 0 radical (unpaired) electrons. The standard InChI is InChI=1S/C9H16N2S/c1-3-5-11-9(7-10)4-6-12-8(9)2/h8,11H,3-6H2,1-2H3. The van der Waals surface area contributed by atoms with Crippen molar-refractivity contribution in [1.29, 1.82) is 5.26 Å². The lowest BCUT2D eigenvalue weighted by Gasteiger charge is -2.26. The fraction of sp³-hybridized carbons (Fsp3) is 0.889. The molecule has 0 amide bonds. The molecule has 68 valence electrons. The summed E-state index contributed by atoms with van der Waals surface area (Å²) in [6, 6.07) is 2.43. The van der Waals surface area contributed by atoms with Gasteiger partial charge in [-0.05, 0) is 25.1 Å². The van der Waals surface area contributed by atoms with Crippen LogP contribution in [0.1, 0.15) is 26.7 Å². The summed E-state index contributed by atoms with van der Waals surface area (Å²) in [5.41, 5.74) is -0.235. The Bertz CT molecular complexity index is 187. The average Bonchev–Trinajstić information content (AvgIpc) is 2.45. The Labute approximate surface area is 78.7 Å². The number of nitrogens with zero attached hydrogens (tertiary/aromatic N) is 1. The predicted molar refractivity (Wildman–Crippen MR) is 53.2 cm³/mol. The van der Waals surface area contributed by atoms with Gasteiger partial charge in [-0.15, -0.1) is 0 Å². The smallest absolute Gasteiger partial charge is 0.119 e. The van der Waals surface area contributed by atoms with Crippen LogP contribution in [0.3, 0.4) is 0 Å². The Morgan fingerprint density at radius 3 is 2.92 bits per heavy atom. The van der Waals surface area contributed by atoms with Gasteiger partial charge in [0, 0.05) is 5.25 Å². The van der Waals surface area contributed by atoms with Crippen molar-refractivity contribution >= 4 is 11.8 Å². The molecule has 0 aliphatic carbocycles. The van der Waals surface area contributed by atoms with Crippen molar-refractivity contribution in [2.24, 2.45) is 0 Å². The maximum atomic E-state index is 9.09. The SMILES string of the molecule is CCCNC1(C#N)CCSC1C. The number of nitriles is 1. The van der Waals surface area contributed by atoms with Crippen LogP contribution in [0.5, 0.6) is 0 Å². The van der Waals surface area contributed by atoms with Crippen molar-refractivity contribution < 1.29 is 0 Å². The molecule has 0 aromatic carbocycles. The van der Waals surface area contributed by atoms with Crippen LogP contribution in [-0.4, -0.2) is 23.1 Å². The zero-order valence-electron chi connectivity index (χ0n) is 7.76. The van der Waals surface area contributed by atoms with Gasteiger partial charge in [0.2, 0.25) is 0 Å². The van der Waals surface area contributed by atoms with E-state index in [-0.39, 0.29) is 5.54 Å². The summed E-state index contributed by atoms with van der Waals surface area (Å²) in [5, 5.41) is 12.9. The average molecular weight is 184 g/mol. The van der Waals surface area contributed by atoms with E-state index in [0.717, 1.165) is 25.1 Å². The zero-order valence-corrected chi connectivity index (χ0v) is 8.58. The van der Waals surface area contributed by atoms with Crippen LogP contribution in [0.15, 0.2) is 0 Å². The topological polar surface area (TPSA) is 35.8 Å². The third-order valence-corrected chi connectivity index (χ3v) is 3.79. The summed E-state index contributed by atoms with van der Waals surface area (Å²) in [6.45, 7) is 5.23. The lowest BCUT2D eigenvalue weighted by molar-refractivity contribution is 0.414. The van der Waals surface area contributed by atoms with Gasteiger partial charge in [0.25, 0.3) is 0 Å². The van der Waals surface area contributed by atoms with Crippen LogP contribution >= 0.6 is 11.8 Å². The van der Waals surface area contributed by atoms with Gasteiger partial charge >= 0.3 is 0 Å². The summed E-state index contributed by atoms with van der Waals surface area (Å²) in [6.07, 6.45) is 2.09. The van der Waals surface area contributed by atoms with Crippen molar-refractivity contribution in [3.8, 4) is 6.07 Å². The van der Waals surface area contributed by atoms with Gasteiger partial charge in [-0.25, -0.2) is 0 Å². The van der Waals surface area contributed by atoms with E-state index in [1.54, 1.807) is 0 Å². The third-order valence-electron chi connectivity index (χ3n) is 2.45. The summed E-state index contributed by atoms with van der Waals surface area (Å²) in [5.74, 6) is 1.12. The molecule has 1 aliphatic heterocycles. The largest absolute Gasteiger partial charge is 0.298 e. The van der Waals surface area contributed by atoms with E-state index >= 15 is 0 Å². The van der Waals surface area contributed by atoms with Crippen molar-refractivity contribution in [3.63, 3.8) is 0 Å². The van der Waals surface area contributed by atoms with Gasteiger partial charge in [0.05, 0.1) is 6.07 Å². The fourth-order valence-electron chi connectivity index (χ4n) is 1.51. The first-order chi connectivity index (χ1) is 5.75. The molecule has 1 saturated heterocycles. The lowest BCUT2D eigenvalue weighted by atomic mass is 9.94.